The van der Waals surface area contributed by atoms with Gasteiger partial charge >= 0.3 is 0 Å². The molecule has 0 amide bonds. The van der Waals surface area contributed by atoms with Crippen LogP contribution in [0.4, 0.5) is 10.8 Å². The van der Waals surface area contributed by atoms with Crippen LogP contribution in [-0.4, -0.2) is 40.9 Å². The van der Waals surface area contributed by atoms with Crippen LogP contribution in [0, 0.1) is 0 Å². The molecule has 7 nitrogen and oxygen atoms in total. The molecule has 0 atom stereocenters. The van der Waals surface area contributed by atoms with E-state index >= 15 is 0 Å². The van der Waals surface area contributed by atoms with Gasteiger partial charge in [-0.15, -0.1) is 0 Å². The summed E-state index contributed by atoms with van der Waals surface area (Å²) in [6.07, 6.45) is 4.40. The highest BCUT2D eigenvalue weighted by Crippen LogP contribution is 2.40. The fourth-order valence-corrected chi connectivity index (χ4v) is 5.86. The number of ether oxygens (including phenoxy) is 2. The van der Waals surface area contributed by atoms with Crippen molar-refractivity contribution in [3.05, 3.63) is 102 Å². The molecular formula is C33H30N4O3S. The van der Waals surface area contributed by atoms with Gasteiger partial charge in [-0.3, -0.25) is 0 Å². The Balaban J connectivity index is 1.23. The molecule has 4 aromatic carbocycles. The van der Waals surface area contributed by atoms with Crippen molar-refractivity contribution in [2.24, 2.45) is 0 Å². The predicted octanol–water partition coefficient (Wildman–Crippen LogP) is 7.34. The zero-order valence-electron chi connectivity index (χ0n) is 22.9. The van der Waals surface area contributed by atoms with E-state index in [1.807, 2.05) is 42.6 Å². The number of aryl methyl sites for hydroxylation is 2. The Morgan fingerprint density at radius 1 is 0.829 bits per heavy atom. The lowest BCUT2D eigenvalue weighted by Gasteiger charge is -2.08. The molecule has 6 rings (SSSR count). The lowest BCUT2D eigenvalue weighted by molar-refractivity contribution is 0.200. The van der Waals surface area contributed by atoms with Crippen molar-refractivity contribution >= 4 is 43.3 Å². The summed E-state index contributed by atoms with van der Waals surface area (Å²) in [4.78, 5) is 14.0. The number of rotatable bonds is 10. The third-order valence-electron chi connectivity index (χ3n) is 7.04. The van der Waals surface area contributed by atoms with Crippen molar-refractivity contribution in [1.82, 2.24) is 15.0 Å². The summed E-state index contributed by atoms with van der Waals surface area (Å²) in [6.45, 7) is 0.597. The molecule has 206 valence electrons. The normalized spacial score (nSPS) is 11.3. The second kappa shape index (κ2) is 11.9. The topological polar surface area (TPSA) is 89.4 Å². The van der Waals surface area contributed by atoms with Crippen LogP contribution in [0.5, 0.6) is 11.5 Å². The largest absolute Gasteiger partial charge is 0.508 e. The smallest absolute Gasteiger partial charge is 0.188 e. The summed E-state index contributed by atoms with van der Waals surface area (Å²) in [5.74, 6) is 1.81. The molecule has 8 heteroatoms. The Morgan fingerprint density at radius 3 is 2.32 bits per heavy atom. The summed E-state index contributed by atoms with van der Waals surface area (Å²) in [5.41, 5.74) is 7.38. The van der Waals surface area contributed by atoms with E-state index in [1.165, 1.54) is 11.1 Å². The Kier molecular flexibility index (Phi) is 7.75. The number of hydrogen-bond donors (Lipinski definition) is 2. The van der Waals surface area contributed by atoms with Crippen molar-refractivity contribution in [2.75, 3.05) is 26.1 Å². The van der Waals surface area contributed by atoms with Crippen LogP contribution in [0.2, 0.25) is 0 Å². The molecule has 41 heavy (non-hydrogen) atoms. The summed E-state index contributed by atoms with van der Waals surface area (Å²) < 4.78 is 11.9. The minimum absolute atomic E-state index is 0.296. The molecule has 2 N–H and O–H groups in total. The molecule has 0 unspecified atom stereocenters. The number of nitrogens with one attached hydrogen (secondary N) is 1. The molecule has 0 fully saturated rings. The third kappa shape index (κ3) is 5.99. The maximum absolute atomic E-state index is 9.51. The van der Waals surface area contributed by atoms with Gasteiger partial charge in [0.1, 0.15) is 22.8 Å². The van der Waals surface area contributed by atoms with Gasteiger partial charge in [0, 0.05) is 36.4 Å². The van der Waals surface area contributed by atoms with E-state index in [0.717, 1.165) is 67.5 Å². The minimum atomic E-state index is 0.296. The first-order chi connectivity index (χ1) is 20.1. The standard InChI is InChI=1S/C33H30N4O3S/c1-39-18-17-30-34-20-24-19-25(11-15-28(24)36-30)35-33-37-31-29(40-2)16-14-27(32(31)41-33)23-9-5-21(6-10-23)3-4-22-7-12-26(38)13-8-22/h5-16,19-20,38H,3-4,17-18H2,1-2H3,(H,35,37). The lowest BCUT2D eigenvalue weighted by Crippen LogP contribution is -2.00. The quantitative estimate of drug-likeness (QED) is 0.181. The average molecular weight is 563 g/mol. The first-order valence-corrected chi connectivity index (χ1v) is 14.3. The first-order valence-electron chi connectivity index (χ1n) is 13.5. The maximum atomic E-state index is 9.51. The molecule has 2 aromatic heterocycles. The molecule has 0 saturated heterocycles. The Labute approximate surface area is 242 Å². The monoisotopic (exact) mass is 562 g/mol. The van der Waals surface area contributed by atoms with Crippen LogP contribution in [0.1, 0.15) is 17.0 Å². The number of aromatic nitrogens is 3. The van der Waals surface area contributed by atoms with Crippen LogP contribution < -0.4 is 10.1 Å². The van der Waals surface area contributed by atoms with E-state index in [2.05, 4.69) is 45.6 Å². The molecule has 0 spiro atoms. The van der Waals surface area contributed by atoms with Crippen molar-refractivity contribution < 1.29 is 14.6 Å². The van der Waals surface area contributed by atoms with Crippen LogP contribution in [0.3, 0.4) is 0 Å². The highest BCUT2D eigenvalue weighted by Gasteiger charge is 2.15. The minimum Gasteiger partial charge on any atom is -0.508 e. The number of thiazole rings is 1. The summed E-state index contributed by atoms with van der Waals surface area (Å²) >= 11 is 1.61. The van der Waals surface area contributed by atoms with Crippen molar-refractivity contribution in [1.29, 1.82) is 0 Å². The number of hydrogen-bond acceptors (Lipinski definition) is 8. The Hall–Kier alpha value is -4.53. The van der Waals surface area contributed by atoms with Gasteiger partial charge < -0.3 is 19.9 Å². The summed E-state index contributed by atoms with van der Waals surface area (Å²) in [6, 6.07) is 26.3. The number of anilines is 2. The van der Waals surface area contributed by atoms with Crippen LogP contribution in [0.15, 0.2) is 85.1 Å². The fraction of sp³-hybridized carbons (Fsp3) is 0.182. The van der Waals surface area contributed by atoms with Gasteiger partial charge in [0.15, 0.2) is 5.13 Å². The number of benzene rings is 4. The van der Waals surface area contributed by atoms with Gasteiger partial charge in [0.05, 0.1) is 23.9 Å². The zero-order chi connectivity index (χ0) is 28.2. The van der Waals surface area contributed by atoms with E-state index in [1.54, 1.807) is 37.7 Å². The molecule has 0 aliphatic rings. The highest BCUT2D eigenvalue weighted by molar-refractivity contribution is 7.22. The molecule has 0 saturated carbocycles. The van der Waals surface area contributed by atoms with Gasteiger partial charge in [-0.05, 0) is 72.0 Å². The predicted molar refractivity (Wildman–Crippen MR) is 166 cm³/mol. The van der Waals surface area contributed by atoms with Gasteiger partial charge in [-0.1, -0.05) is 47.7 Å². The molecule has 0 aliphatic carbocycles. The zero-order valence-corrected chi connectivity index (χ0v) is 23.7. The number of phenols is 1. The summed E-state index contributed by atoms with van der Waals surface area (Å²) in [7, 11) is 3.35. The molecule has 6 aromatic rings. The third-order valence-corrected chi connectivity index (χ3v) is 8.04. The van der Waals surface area contributed by atoms with Gasteiger partial charge in [-0.2, -0.15) is 0 Å². The number of methoxy groups -OCH3 is 2. The van der Waals surface area contributed by atoms with E-state index in [-0.39, 0.29) is 0 Å². The van der Waals surface area contributed by atoms with Gasteiger partial charge in [0.25, 0.3) is 0 Å². The van der Waals surface area contributed by atoms with E-state index < -0.39 is 0 Å². The fourth-order valence-electron chi connectivity index (χ4n) is 4.82. The number of nitrogens with zero attached hydrogens (tertiary/aromatic N) is 3. The van der Waals surface area contributed by atoms with Gasteiger partial charge in [-0.25, -0.2) is 15.0 Å². The number of aromatic hydroxyl groups is 1. The molecule has 2 heterocycles. The lowest BCUT2D eigenvalue weighted by atomic mass is 10.00. The van der Waals surface area contributed by atoms with E-state index in [4.69, 9.17) is 14.5 Å². The second-order valence-electron chi connectivity index (χ2n) is 9.80. The number of phenolic OH excluding ortho intramolecular Hbond substituents is 1. The Bertz CT molecular complexity index is 1800. The molecule has 0 radical (unpaired) electrons. The highest BCUT2D eigenvalue weighted by atomic mass is 32.1. The Morgan fingerprint density at radius 2 is 1.59 bits per heavy atom. The van der Waals surface area contributed by atoms with Crippen molar-refractivity contribution in [3.63, 3.8) is 0 Å². The van der Waals surface area contributed by atoms with Crippen LogP contribution in [-0.2, 0) is 24.0 Å². The van der Waals surface area contributed by atoms with E-state index in [9.17, 15) is 5.11 Å². The first kappa shape index (κ1) is 26.7. The van der Waals surface area contributed by atoms with Gasteiger partial charge in [0.2, 0.25) is 0 Å². The SMILES string of the molecule is COCCc1ncc2cc(Nc3nc4c(OC)ccc(-c5ccc(CCc6ccc(O)cc6)cc5)c4s3)ccc2n1. The van der Waals surface area contributed by atoms with Crippen LogP contribution >= 0.6 is 11.3 Å². The summed E-state index contributed by atoms with van der Waals surface area (Å²) in [5, 5.41) is 14.7. The average Bonchev–Trinajstić information content (AvgIpc) is 3.43. The number of fused-ring (bicyclic) bond motifs is 2. The van der Waals surface area contributed by atoms with Crippen LogP contribution in [0.25, 0.3) is 32.2 Å². The molecule has 0 bridgehead atoms. The molecule has 0 aliphatic heterocycles. The van der Waals surface area contributed by atoms with Crippen molar-refractivity contribution in [2.45, 2.75) is 19.3 Å². The van der Waals surface area contributed by atoms with Crippen molar-refractivity contribution in [3.8, 4) is 22.6 Å². The molecular weight excluding hydrogens is 532 g/mol. The van der Waals surface area contributed by atoms with E-state index in [0.29, 0.717) is 18.8 Å². The maximum Gasteiger partial charge on any atom is 0.188 e. The second-order valence-corrected chi connectivity index (χ2v) is 10.8.